The van der Waals surface area contributed by atoms with E-state index in [0.29, 0.717) is 24.0 Å². The molecule has 6 heteroatoms. The minimum atomic E-state index is -0.289. The summed E-state index contributed by atoms with van der Waals surface area (Å²) in [6, 6.07) is 13.4. The van der Waals surface area contributed by atoms with E-state index in [-0.39, 0.29) is 23.7 Å². The smallest absolute Gasteiger partial charge is 0.308 e. The van der Waals surface area contributed by atoms with Gasteiger partial charge >= 0.3 is 5.69 Å². The van der Waals surface area contributed by atoms with Gasteiger partial charge in [-0.05, 0) is 37.4 Å². The van der Waals surface area contributed by atoms with E-state index in [1.54, 1.807) is 10.6 Å². The SMILES string of the molecule is CN(C)CCn1c(=O)c2cccc3c2n(c1=O)-c1ccccc1C=C3.Cl. The molecule has 2 aromatic carbocycles. The Bertz CT molecular complexity index is 1130. The Balaban J connectivity index is 0.00000196. The first-order chi connectivity index (χ1) is 12.1. The van der Waals surface area contributed by atoms with E-state index in [1.165, 1.54) is 4.57 Å². The summed E-state index contributed by atoms with van der Waals surface area (Å²) < 4.78 is 3.02. The lowest BCUT2D eigenvalue weighted by atomic mass is 10.1. The van der Waals surface area contributed by atoms with Crippen LogP contribution in [0.5, 0.6) is 0 Å². The van der Waals surface area contributed by atoms with E-state index in [4.69, 9.17) is 0 Å². The second kappa shape index (κ2) is 6.94. The minimum Gasteiger partial charge on any atom is -0.308 e. The first-order valence-electron chi connectivity index (χ1n) is 8.29. The van der Waals surface area contributed by atoms with Gasteiger partial charge in [-0.25, -0.2) is 4.79 Å². The average molecular weight is 370 g/mol. The van der Waals surface area contributed by atoms with Gasteiger partial charge in [-0.15, -0.1) is 12.4 Å². The Morgan fingerprint density at radius 2 is 1.62 bits per heavy atom. The Kier molecular flexibility index (Phi) is 4.85. The van der Waals surface area contributed by atoms with Crippen molar-refractivity contribution in [3.63, 3.8) is 0 Å². The largest absolute Gasteiger partial charge is 0.336 e. The van der Waals surface area contributed by atoms with Gasteiger partial charge in [0.1, 0.15) is 0 Å². The molecule has 2 heterocycles. The molecule has 0 unspecified atom stereocenters. The summed E-state index contributed by atoms with van der Waals surface area (Å²) in [7, 11) is 3.85. The molecule has 134 valence electrons. The van der Waals surface area contributed by atoms with Gasteiger partial charge in [0, 0.05) is 13.1 Å². The lowest BCUT2D eigenvalue weighted by Gasteiger charge is -2.17. The van der Waals surface area contributed by atoms with Crippen LogP contribution in [0.25, 0.3) is 28.7 Å². The number of hydrogen-bond donors (Lipinski definition) is 0. The highest BCUT2D eigenvalue weighted by atomic mass is 35.5. The van der Waals surface area contributed by atoms with Crippen molar-refractivity contribution in [2.24, 2.45) is 0 Å². The van der Waals surface area contributed by atoms with Crippen LogP contribution in [0.2, 0.25) is 0 Å². The van der Waals surface area contributed by atoms with Crippen molar-refractivity contribution >= 4 is 35.5 Å². The predicted molar refractivity (Wildman–Crippen MR) is 109 cm³/mol. The van der Waals surface area contributed by atoms with Crippen molar-refractivity contribution in [3.8, 4) is 5.69 Å². The molecule has 0 radical (unpaired) electrons. The van der Waals surface area contributed by atoms with Crippen molar-refractivity contribution in [2.75, 3.05) is 20.6 Å². The third-order valence-electron chi connectivity index (χ3n) is 4.58. The van der Waals surface area contributed by atoms with Crippen molar-refractivity contribution in [2.45, 2.75) is 6.54 Å². The fourth-order valence-corrected chi connectivity index (χ4v) is 3.30. The van der Waals surface area contributed by atoms with Gasteiger partial charge in [0.15, 0.2) is 0 Å². The zero-order chi connectivity index (χ0) is 17.6. The summed E-state index contributed by atoms with van der Waals surface area (Å²) >= 11 is 0. The van der Waals surface area contributed by atoms with E-state index >= 15 is 0 Å². The quantitative estimate of drug-likeness (QED) is 0.557. The number of fused-ring (bicyclic) bond motifs is 2. The van der Waals surface area contributed by atoms with E-state index in [0.717, 1.165) is 16.8 Å². The molecular weight excluding hydrogens is 350 g/mol. The highest BCUT2D eigenvalue weighted by Crippen LogP contribution is 2.26. The maximum atomic E-state index is 13.2. The molecule has 0 fully saturated rings. The molecule has 1 aliphatic rings. The highest BCUT2D eigenvalue weighted by Gasteiger charge is 2.19. The third kappa shape index (κ3) is 2.79. The second-order valence-corrected chi connectivity index (χ2v) is 6.51. The molecule has 0 saturated heterocycles. The first kappa shape index (κ1) is 18.2. The van der Waals surface area contributed by atoms with E-state index in [9.17, 15) is 9.59 Å². The first-order valence-corrected chi connectivity index (χ1v) is 8.29. The van der Waals surface area contributed by atoms with Crippen LogP contribution < -0.4 is 11.2 Å². The van der Waals surface area contributed by atoms with Crippen molar-refractivity contribution < 1.29 is 0 Å². The van der Waals surface area contributed by atoms with Crippen molar-refractivity contribution in [1.29, 1.82) is 0 Å². The molecular formula is C20H20ClN3O2. The molecule has 5 nitrogen and oxygen atoms in total. The van der Waals surface area contributed by atoms with Crippen LogP contribution in [-0.2, 0) is 6.54 Å². The Labute approximate surface area is 157 Å². The summed E-state index contributed by atoms with van der Waals surface area (Å²) in [6.45, 7) is 0.987. The van der Waals surface area contributed by atoms with Crippen LogP contribution in [0.1, 0.15) is 11.1 Å². The van der Waals surface area contributed by atoms with Gasteiger partial charge in [-0.3, -0.25) is 13.9 Å². The summed E-state index contributed by atoms with van der Waals surface area (Å²) in [5, 5.41) is 0.567. The Morgan fingerprint density at radius 3 is 2.38 bits per heavy atom. The van der Waals surface area contributed by atoms with Crippen LogP contribution in [0, 0.1) is 0 Å². The molecule has 0 N–H and O–H groups in total. The number of aromatic nitrogens is 2. The van der Waals surface area contributed by atoms with Crippen LogP contribution in [0.4, 0.5) is 0 Å². The molecule has 1 aliphatic heterocycles. The lowest BCUT2D eigenvalue weighted by molar-refractivity contribution is 0.376. The van der Waals surface area contributed by atoms with Crippen molar-refractivity contribution in [1.82, 2.24) is 14.0 Å². The Morgan fingerprint density at radius 1 is 0.923 bits per heavy atom. The fraction of sp³-hybridized carbons (Fsp3) is 0.200. The number of benzene rings is 2. The topological polar surface area (TPSA) is 47.2 Å². The molecule has 0 atom stereocenters. The molecule has 1 aromatic heterocycles. The lowest BCUT2D eigenvalue weighted by Crippen LogP contribution is -2.41. The summed E-state index contributed by atoms with van der Waals surface area (Å²) in [6.07, 6.45) is 3.96. The molecule has 0 aliphatic carbocycles. The molecule has 0 spiro atoms. The van der Waals surface area contributed by atoms with Gasteiger partial charge in [-0.2, -0.15) is 0 Å². The second-order valence-electron chi connectivity index (χ2n) is 6.51. The van der Waals surface area contributed by atoms with Gasteiger partial charge in [0.05, 0.1) is 16.6 Å². The van der Waals surface area contributed by atoms with E-state index < -0.39 is 0 Å². The predicted octanol–water partition coefficient (Wildman–Crippen LogP) is 2.62. The number of rotatable bonds is 3. The summed E-state index contributed by atoms with van der Waals surface area (Å²) in [5.74, 6) is 0. The third-order valence-corrected chi connectivity index (χ3v) is 4.58. The normalized spacial score (nSPS) is 12.0. The fourth-order valence-electron chi connectivity index (χ4n) is 3.30. The van der Waals surface area contributed by atoms with Crippen LogP contribution in [0.15, 0.2) is 52.1 Å². The van der Waals surface area contributed by atoms with Gasteiger partial charge in [0.25, 0.3) is 5.56 Å². The van der Waals surface area contributed by atoms with Gasteiger partial charge < -0.3 is 4.90 Å². The maximum Gasteiger partial charge on any atom is 0.336 e. The number of hydrogen-bond acceptors (Lipinski definition) is 3. The maximum absolute atomic E-state index is 13.2. The molecule has 0 bridgehead atoms. The standard InChI is InChI=1S/C20H19N3O2.ClH/c1-21(2)12-13-22-19(24)16-8-5-7-15-11-10-14-6-3-4-9-17(14)23(18(15)16)20(22)25;/h3-11H,12-13H2,1-2H3;1H. The van der Waals surface area contributed by atoms with Crippen LogP contribution in [-0.4, -0.2) is 34.7 Å². The zero-order valence-electron chi connectivity index (χ0n) is 14.7. The number of halogens is 1. The molecule has 4 rings (SSSR count). The molecule has 3 aromatic rings. The van der Waals surface area contributed by atoms with Gasteiger partial charge in [0.2, 0.25) is 0 Å². The van der Waals surface area contributed by atoms with Gasteiger partial charge in [-0.1, -0.05) is 42.5 Å². The molecule has 0 saturated carbocycles. The van der Waals surface area contributed by atoms with Crippen LogP contribution in [0.3, 0.4) is 0 Å². The minimum absolute atomic E-state index is 0. The number of para-hydroxylation sites is 2. The summed E-state index contributed by atoms with van der Waals surface area (Å²) in [4.78, 5) is 28.1. The Hall–Kier alpha value is -2.63. The number of likely N-dealkylation sites (N-methyl/N-ethyl adjacent to an activating group) is 1. The summed E-state index contributed by atoms with van der Waals surface area (Å²) in [5.41, 5.74) is 2.80. The monoisotopic (exact) mass is 369 g/mol. The average Bonchev–Trinajstić information content (AvgIpc) is 2.77. The molecule has 0 amide bonds. The van der Waals surface area contributed by atoms with Crippen molar-refractivity contribution in [3.05, 3.63) is 74.4 Å². The van der Waals surface area contributed by atoms with E-state index in [2.05, 4.69) is 0 Å². The highest BCUT2D eigenvalue weighted by molar-refractivity contribution is 5.93. The zero-order valence-corrected chi connectivity index (χ0v) is 15.5. The van der Waals surface area contributed by atoms with Crippen LogP contribution >= 0.6 is 12.4 Å². The van der Waals surface area contributed by atoms with E-state index in [1.807, 2.05) is 67.5 Å². The molecule has 26 heavy (non-hydrogen) atoms. The number of nitrogens with zero attached hydrogens (tertiary/aromatic N) is 3.